The molecule has 3 N–H and O–H groups in total. The van der Waals surface area contributed by atoms with Crippen molar-refractivity contribution >= 4 is 34.3 Å². The van der Waals surface area contributed by atoms with Crippen LogP contribution >= 0.6 is 0 Å². The first-order valence-corrected chi connectivity index (χ1v) is 10.5. The van der Waals surface area contributed by atoms with E-state index >= 15 is 0 Å². The predicted octanol–water partition coefficient (Wildman–Crippen LogP) is 4.70. The third-order valence-electron chi connectivity index (χ3n) is 5.34. The molecule has 5 aromatic rings. The average Bonchev–Trinajstić information content (AvgIpc) is 3.36. The molecule has 2 aromatic carbocycles. The Hall–Kier alpha value is -5.03. The fourth-order valence-electron chi connectivity index (χ4n) is 3.54. The van der Waals surface area contributed by atoms with Gasteiger partial charge < -0.3 is 15.6 Å². The Kier molecular flexibility index (Phi) is 5.42. The van der Waals surface area contributed by atoms with Crippen molar-refractivity contribution in [3.63, 3.8) is 0 Å². The van der Waals surface area contributed by atoms with Gasteiger partial charge in [-0.3, -0.25) is 4.79 Å². The van der Waals surface area contributed by atoms with Crippen molar-refractivity contribution in [3.05, 3.63) is 90.1 Å². The molecule has 164 valence electrons. The number of carbonyl (C=O) groups excluding carboxylic acids is 1. The first-order chi connectivity index (χ1) is 16.6. The summed E-state index contributed by atoms with van der Waals surface area (Å²) in [5.74, 6) is 2.93. The zero-order valence-electron chi connectivity index (χ0n) is 18.2. The van der Waals surface area contributed by atoms with Gasteiger partial charge in [0.1, 0.15) is 23.4 Å². The number of fused-ring (bicyclic) bond motifs is 1. The molecular formula is C26H19N7O. The zero-order chi connectivity index (χ0) is 23.5. The van der Waals surface area contributed by atoms with Crippen molar-refractivity contribution in [2.75, 3.05) is 10.6 Å². The molecule has 0 aliphatic heterocycles. The molecule has 0 atom stereocenters. The lowest BCUT2D eigenvalue weighted by Gasteiger charge is -2.14. The summed E-state index contributed by atoms with van der Waals surface area (Å²) in [4.78, 5) is 33.2. The van der Waals surface area contributed by atoms with E-state index in [1.807, 2.05) is 37.3 Å². The highest BCUT2D eigenvalue weighted by Gasteiger charge is 2.15. The van der Waals surface area contributed by atoms with Gasteiger partial charge in [-0.05, 0) is 61.0 Å². The van der Waals surface area contributed by atoms with E-state index in [0.717, 1.165) is 22.4 Å². The number of rotatable bonds is 5. The molecule has 34 heavy (non-hydrogen) atoms. The molecule has 5 rings (SSSR count). The Labute approximate surface area is 195 Å². The molecule has 0 saturated carbocycles. The standard InChI is InChI=1S/C26H19N7O/c1-3-17-7-9-18(10-8-17)26(34)32-19-11-6-16(2)21(13-19)33-24-20(5-4-12-27-24)22-23-25(30-14-28-22)31-15-29-23/h1,4-15H,2H3,(H,27,33)(H,32,34)(H,28,29,30,31). The number of H-pyrrole nitrogens is 1. The van der Waals surface area contributed by atoms with Crippen molar-refractivity contribution < 1.29 is 4.79 Å². The van der Waals surface area contributed by atoms with E-state index < -0.39 is 0 Å². The SMILES string of the molecule is C#Cc1ccc(C(=O)Nc2ccc(C)c(Nc3ncccc3-c3ncnc4[nH]cnc34)c2)cc1. The number of imidazole rings is 1. The zero-order valence-corrected chi connectivity index (χ0v) is 18.2. The van der Waals surface area contributed by atoms with Crippen LogP contribution in [0.2, 0.25) is 0 Å². The molecule has 8 nitrogen and oxygen atoms in total. The average molecular weight is 445 g/mol. The van der Waals surface area contributed by atoms with Crippen LogP contribution in [0.3, 0.4) is 0 Å². The van der Waals surface area contributed by atoms with Crippen LogP contribution in [0.5, 0.6) is 0 Å². The maximum absolute atomic E-state index is 12.7. The number of aryl methyl sites for hydroxylation is 1. The molecule has 0 fully saturated rings. The highest BCUT2D eigenvalue weighted by atomic mass is 16.1. The van der Waals surface area contributed by atoms with Gasteiger partial charge in [0.25, 0.3) is 5.91 Å². The Morgan fingerprint density at radius 2 is 1.88 bits per heavy atom. The summed E-state index contributed by atoms with van der Waals surface area (Å²) in [5.41, 5.74) is 6.43. The molecule has 0 unspecified atom stereocenters. The van der Waals surface area contributed by atoms with Crippen LogP contribution in [0.15, 0.2) is 73.4 Å². The minimum Gasteiger partial charge on any atom is -0.339 e. The number of hydrogen-bond donors (Lipinski definition) is 3. The summed E-state index contributed by atoms with van der Waals surface area (Å²) in [6.45, 7) is 1.98. The van der Waals surface area contributed by atoms with Crippen LogP contribution in [-0.4, -0.2) is 30.8 Å². The fourth-order valence-corrected chi connectivity index (χ4v) is 3.54. The van der Waals surface area contributed by atoms with E-state index in [1.165, 1.54) is 6.33 Å². The summed E-state index contributed by atoms with van der Waals surface area (Å²) in [5, 5.41) is 6.31. The summed E-state index contributed by atoms with van der Waals surface area (Å²) in [6.07, 6.45) is 10.2. The molecule has 0 spiro atoms. The van der Waals surface area contributed by atoms with Gasteiger partial charge in [-0.2, -0.15) is 0 Å². The maximum Gasteiger partial charge on any atom is 0.255 e. The van der Waals surface area contributed by atoms with E-state index in [2.05, 4.69) is 41.5 Å². The van der Waals surface area contributed by atoms with Crippen LogP contribution < -0.4 is 10.6 Å². The number of nitrogens with one attached hydrogen (secondary N) is 3. The monoisotopic (exact) mass is 445 g/mol. The quantitative estimate of drug-likeness (QED) is 0.338. The third-order valence-corrected chi connectivity index (χ3v) is 5.34. The maximum atomic E-state index is 12.7. The normalized spacial score (nSPS) is 10.6. The third kappa shape index (κ3) is 4.06. The number of aromatic nitrogens is 5. The molecule has 0 saturated heterocycles. The van der Waals surface area contributed by atoms with Gasteiger partial charge in [0, 0.05) is 34.3 Å². The Morgan fingerprint density at radius 3 is 2.71 bits per heavy atom. The number of pyridine rings is 1. The molecule has 0 radical (unpaired) electrons. The highest BCUT2D eigenvalue weighted by molar-refractivity contribution is 6.04. The predicted molar refractivity (Wildman–Crippen MR) is 132 cm³/mol. The first kappa shape index (κ1) is 20.8. The summed E-state index contributed by atoms with van der Waals surface area (Å²) >= 11 is 0. The molecule has 1 amide bonds. The molecule has 3 aromatic heterocycles. The second-order valence-electron chi connectivity index (χ2n) is 7.55. The van der Waals surface area contributed by atoms with Gasteiger partial charge in [-0.1, -0.05) is 12.0 Å². The van der Waals surface area contributed by atoms with Crippen molar-refractivity contribution in [2.45, 2.75) is 6.92 Å². The number of nitrogens with zero attached hydrogens (tertiary/aromatic N) is 4. The summed E-state index contributed by atoms with van der Waals surface area (Å²) in [6, 6.07) is 16.3. The Balaban J connectivity index is 1.44. The Morgan fingerprint density at radius 1 is 1.03 bits per heavy atom. The van der Waals surface area contributed by atoms with Crippen LogP contribution in [-0.2, 0) is 0 Å². The number of hydrogen-bond acceptors (Lipinski definition) is 6. The van der Waals surface area contributed by atoms with Gasteiger partial charge >= 0.3 is 0 Å². The number of carbonyl (C=O) groups is 1. The second kappa shape index (κ2) is 8.84. The van der Waals surface area contributed by atoms with Gasteiger partial charge in [-0.25, -0.2) is 19.9 Å². The largest absolute Gasteiger partial charge is 0.339 e. The number of amides is 1. The lowest BCUT2D eigenvalue weighted by atomic mass is 10.1. The van der Waals surface area contributed by atoms with E-state index in [-0.39, 0.29) is 5.91 Å². The van der Waals surface area contributed by atoms with Gasteiger partial charge in [0.2, 0.25) is 0 Å². The number of aromatic amines is 1. The number of terminal acetylenes is 1. The smallest absolute Gasteiger partial charge is 0.255 e. The lowest BCUT2D eigenvalue weighted by Crippen LogP contribution is -2.12. The van der Waals surface area contributed by atoms with Gasteiger partial charge in [0.15, 0.2) is 5.65 Å². The van der Waals surface area contributed by atoms with E-state index in [0.29, 0.717) is 33.9 Å². The minimum atomic E-state index is -0.223. The first-order valence-electron chi connectivity index (χ1n) is 10.5. The van der Waals surface area contributed by atoms with Crippen molar-refractivity contribution in [2.24, 2.45) is 0 Å². The van der Waals surface area contributed by atoms with Crippen molar-refractivity contribution in [1.82, 2.24) is 24.9 Å². The fraction of sp³-hybridized carbons (Fsp3) is 0.0385. The van der Waals surface area contributed by atoms with Crippen molar-refractivity contribution in [3.8, 4) is 23.6 Å². The Bertz CT molecular complexity index is 1550. The van der Waals surface area contributed by atoms with Crippen LogP contribution in [0.4, 0.5) is 17.2 Å². The molecule has 3 heterocycles. The van der Waals surface area contributed by atoms with Crippen molar-refractivity contribution in [1.29, 1.82) is 0 Å². The minimum absolute atomic E-state index is 0.223. The van der Waals surface area contributed by atoms with Gasteiger partial charge in [0.05, 0.1) is 6.33 Å². The number of benzene rings is 2. The van der Waals surface area contributed by atoms with Crippen LogP contribution in [0.1, 0.15) is 21.5 Å². The van der Waals surface area contributed by atoms with E-state index in [9.17, 15) is 4.79 Å². The van der Waals surface area contributed by atoms with E-state index in [1.54, 1.807) is 36.8 Å². The second-order valence-corrected chi connectivity index (χ2v) is 7.55. The summed E-state index contributed by atoms with van der Waals surface area (Å²) in [7, 11) is 0. The topological polar surface area (TPSA) is 108 Å². The summed E-state index contributed by atoms with van der Waals surface area (Å²) < 4.78 is 0. The van der Waals surface area contributed by atoms with Gasteiger partial charge in [-0.15, -0.1) is 6.42 Å². The molecule has 0 aliphatic carbocycles. The molecule has 8 heteroatoms. The van der Waals surface area contributed by atoms with E-state index in [4.69, 9.17) is 6.42 Å². The molecule has 0 bridgehead atoms. The lowest BCUT2D eigenvalue weighted by molar-refractivity contribution is 0.102. The number of anilines is 3. The molecular weight excluding hydrogens is 426 g/mol. The van der Waals surface area contributed by atoms with Crippen LogP contribution in [0.25, 0.3) is 22.4 Å². The molecule has 0 aliphatic rings. The van der Waals surface area contributed by atoms with Crippen LogP contribution in [0, 0.1) is 19.3 Å². The highest BCUT2D eigenvalue weighted by Crippen LogP contribution is 2.32.